The molecule has 40 heavy (non-hydrogen) atoms. The minimum Gasteiger partial charge on any atom is -0.493 e. The largest absolute Gasteiger partial charge is 0.493 e. The molecule has 2 atom stereocenters. The number of piperazine rings is 1. The summed E-state index contributed by atoms with van der Waals surface area (Å²) in [6.07, 6.45) is 6.15. The molecule has 4 aromatic rings. The summed E-state index contributed by atoms with van der Waals surface area (Å²) in [4.78, 5) is 39.1. The average Bonchev–Trinajstić information content (AvgIpc) is 3.60. The molecule has 0 unspecified atom stereocenters. The molecule has 2 amide bonds. The number of nitrogens with one attached hydrogen (secondary N) is 1. The van der Waals surface area contributed by atoms with Gasteiger partial charge in [-0.25, -0.2) is 4.98 Å². The Morgan fingerprint density at radius 3 is 2.70 bits per heavy atom. The molecule has 0 saturated carbocycles. The van der Waals surface area contributed by atoms with Gasteiger partial charge in [-0.15, -0.1) is 0 Å². The second-order valence-corrected chi connectivity index (χ2v) is 11.0. The lowest BCUT2D eigenvalue weighted by Crippen LogP contribution is -2.67. The third-order valence-corrected chi connectivity index (χ3v) is 8.17. The van der Waals surface area contributed by atoms with E-state index in [4.69, 9.17) is 9.47 Å². The number of carbonyl (C=O) groups is 2. The summed E-state index contributed by atoms with van der Waals surface area (Å²) in [5, 5.41) is 1.06. The Balaban J connectivity index is 1.41. The first kappa shape index (κ1) is 26.0. The fourth-order valence-corrected chi connectivity index (χ4v) is 6.27. The van der Waals surface area contributed by atoms with Gasteiger partial charge in [-0.1, -0.05) is 24.3 Å². The minimum atomic E-state index is -1.13. The van der Waals surface area contributed by atoms with Crippen LogP contribution in [-0.2, 0) is 21.7 Å². The lowest BCUT2D eigenvalue weighted by Gasteiger charge is -2.51. The number of aromatic nitrogens is 3. The van der Waals surface area contributed by atoms with Gasteiger partial charge >= 0.3 is 0 Å². The topological polar surface area (TPSA) is 92.7 Å². The Labute approximate surface area is 233 Å². The third kappa shape index (κ3) is 4.20. The van der Waals surface area contributed by atoms with E-state index in [1.165, 1.54) is 0 Å². The van der Waals surface area contributed by atoms with Crippen molar-refractivity contribution in [2.45, 2.75) is 51.3 Å². The number of aryl methyl sites for hydroxylation is 1. The molecule has 2 aromatic carbocycles. The second-order valence-electron chi connectivity index (χ2n) is 11.0. The molecular weight excluding hydrogens is 506 g/mol. The zero-order valence-electron chi connectivity index (χ0n) is 23.4. The normalized spacial score (nSPS) is 20.7. The first-order valence-electron chi connectivity index (χ1n) is 13.8. The number of imidazole rings is 1. The molecule has 1 fully saturated rings. The van der Waals surface area contributed by atoms with Crippen LogP contribution in [0.2, 0.25) is 0 Å². The number of hydrogen-bond acceptors (Lipinski definition) is 5. The smallest absolute Gasteiger partial charge is 0.254 e. The van der Waals surface area contributed by atoms with Crippen molar-refractivity contribution in [3.8, 4) is 11.5 Å². The Kier molecular flexibility index (Phi) is 6.52. The lowest BCUT2D eigenvalue weighted by atomic mass is 9.76. The highest BCUT2D eigenvalue weighted by Gasteiger charge is 2.56. The second kappa shape index (κ2) is 10.0. The average molecular weight is 542 g/mol. The van der Waals surface area contributed by atoms with E-state index in [2.05, 4.69) is 16.0 Å². The van der Waals surface area contributed by atoms with Crippen LogP contribution in [0.15, 0.2) is 61.2 Å². The molecule has 4 heterocycles. The fourth-order valence-electron chi connectivity index (χ4n) is 6.27. The summed E-state index contributed by atoms with van der Waals surface area (Å²) >= 11 is 0. The quantitative estimate of drug-likeness (QED) is 0.360. The first-order valence-corrected chi connectivity index (χ1v) is 13.8. The van der Waals surface area contributed by atoms with Gasteiger partial charge in [0.05, 0.1) is 31.8 Å². The maximum Gasteiger partial charge on any atom is 0.254 e. The number of benzene rings is 2. The maximum atomic E-state index is 14.2. The van der Waals surface area contributed by atoms with Crippen LogP contribution in [0.3, 0.4) is 0 Å². The van der Waals surface area contributed by atoms with Gasteiger partial charge in [0.15, 0.2) is 17.0 Å². The molecule has 2 aromatic heterocycles. The fraction of sp³-hybridized carbons (Fsp3) is 0.387. The van der Waals surface area contributed by atoms with Gasteiger partial charge < -0.3 is 28.8 Å². The molecule has 1 N–H and O–H groups in total. The molecular formula is C31H35N5O4. The number of methoxy groups -OCH3 is 1. The Morgan fingerprint density at radius 2 is 1.95 bits per heavy atom. The van der Waals surface area contributed by atoms with Crippen molar-refractivity contribution < 1.29 is 19.1 Å². The van der Waals surface area contributed by atoms with Crippen LogP contribution in [0.5, 0.6) is 11.5 Å². The van der Waals surface area contributed by atoms with Gasteiger partial charge in [0, 0.05) is 48.8 Å². The molecule has 2 aliphatic rings. The van der Waals surface area contributed by atoms with Crippen LogP contribution in [0.25, 0.3) is 10.9 Å². The van der Waals surface area contributed by atoms with Crippen LogP contribution in [0.4, 0.5) is 0 Å². The van der Waals surface area contributed by atoms with E-state index in [9.17, 15) is 9.59 Å². The predicted octanol–water partition coefficient (Wildman–Crippen LogP) is 4.28. The van der Waals surface area contributed by atoms with Crippen LogP contribution in [0.1, 0.15) is 49.9 Å². The van der Waals surface area contributed by atoms with Crippen molar-refractivity contribution >= 4 is 22.7 Å². The number of carbonyl (C=O) groups excluding carboxylic acids is 2. The zero-order valence-corrected chi connectivity index (χ0v) is 23.4. The maximum absolute atomic E-state index is 14.2. The van der Waals surface area contributed by atoms with Gasteiger partial charge in [-0.3, -0.25) is 9.59 Å². The van der Waals surface area contributed by atoms with Gasteiger partial charge in [0.1, 0.15) is 0 Å². The van der Waals surface area contributed by atoms with E-state index in [1.54, 1.807) is 29.4 Å². The number of H-pyrrole nitrogens is 1. The van der Waals surface area contributed by atoms with Crippen LogP contribution in [0, 0.1) is 0 Å². The predicted molar refractivity (Wildman–Crippen MR) is 151 cm³/mol. The molecule has 1 saturated heterocycles. The molecule has 0 aliphatic carbocycles. The van der Waals surface area contributed by atoms with Crippen molar-refractivity contribution in [1.29, 1.82) is 0 Å². The molecule has 0 spiro atoms. The van der Waals surface area contributed by atoms with Crippen molar-refractivity contribution in [2.24, 2.45) is 0 Å². The molecule has 9 nitrogen and oxygen atoms in total. The summed E-state index contributed by atoms with van der Waals surface area (Å²) in [5.74, 6) is 1.07. The van der Waals surface area contributed by atoms with E-state index < -0.39 is 5.54 Å². The highest BCUT2D eigenvalue weighted by Crippen LogP contribution is 2.49. The lowest BCUT2D eigenvalue weighted by molar-refractivity contribution is -0.166. The SMILES string of the molecule is COc1cc([C@@H]2CN3C(=O)CN(CCCn4ccnc4)C(=O)[C@]3(C)c3[nH]c4ccccc4c32)ccc1OC(C)C. The van der Waals surface area contributed by atoms with Crippen LogP contribution in [-0.4, -0.2) is 69.0 Å². The van der Waals surface area contributed by atoms with E-state index in [-0.39, 0.29) is 30.4 Å². The van der Waals surface area contributed by atoms with E-state index in [0.29, 0.717) is 24.6 Å². The highest BCUT2D eigenvalue weighted by molar-refractivity contribution is 6.01. The third-order valence-electron chi connectivity index (χ3n) is 8.17. The van der Waals surface area contributed by atoms with E-state index in [1.807, 2.05) is 67.9 Å². The summed E-state index contributed by atoms with van der Waals surface area (Å²) in [7, 11) is 1.63. The Morgan fingerprint density at radius 1 is 1.12 bits per heavy atom. The van der Waals surface area contributed by atoms with Crippen LogP contribution < -0.4 is 9.47 Å². The van der Waals surface area contributed by atoms with Crippen LogP contribution >= 0.6 is 0 Å². The molecule has 2 aliphatic heterocycles. The van der Waals surface area contributed by atoms with Gasteiger partial charge in [0.2, 0.25) is 5.91 Å². The summed E-state index contributed by atoms with van der Waals surface area (Å²) in [6, 6.07) is 14.1. The van der Waals surface area contributed by atoms with Gasteiger partial charge in [-0.05, 0) is 56.5 Å². The number of fused-ring (bicyclic) bond motifs is 5. The van der Waals surface area contributed by atoms with E-state index in [0.717, 1.165) is 40.7 Å². The van der Waals surface area contributed by atoms with Crippen molar-refractivity contribution in [3.05, 3.63) is 78.0 Å². The summed E-state index contributed by atoms with van der Waals surface area (Å²) in [6.45, 7) is 7.55. The molecule has 9 heteroatoms. The number of amides is 2. The molecule has 0 bridgehead atoms. The molecule has 0 radical (unpaired) electrons. The molecule has 6 rings (SSSR count). The standard InChI is InChI=1S/C31H35N5O4/c1-20(2)40-25-11-10-21(16-26(25)39-4)23-17-36-27(37)18-35(14-7-13-34-15-12-32-19-34)30(38)31(36,3)29-28(23)22-8-5-6-9-24(22)33-29/h5-6,8-12,15-16,19-20,23,33H,7,13-14,17-18H2,1-4H3/t23-,31-/m0/s1. The summed E-state index contributed by atoms with van der Waals surface area (Å²) in [5.41, 5.74) is 2.66. The number of nitrogens with zero attached hydrogens (tertiary/aromatic N) is 4. The van der Waals surface area contributed by atoms with E-state index >= 15 is 0 Å². The number of ether oxygens (including phenoxy) is 2. The number of para-hydroxylation sites is 1. The number of rotatable bonds is 8. The number of hydrogen-bond donors (Lipinski definition) is 1. The highest BCUT2D eigenvalue weighted by atomic mass is 16.5. The van der Waals surface area contributed by atoms with Crippen molar-refractivity contribution in [1.82, 2.24) is 24.3 Å². The monoisotopic (exact) mass is 541 g/mol. The Hall–Kier alpha value is -4.27. The van der Waals surface area contributed by atoms with Gasteiger partial charge in [-0.2, -0.15) is 0 Å². The van der Waals surface area contributed by atoms with Crippen molar-refractivity contribution in [3.63, 3.8) is 0 Å². The van der Waals surface area contributed by atoms with Crippen molar-refractivity contribution in [2.75, 3.05) is 26.7 Å². The molecule has 208 valence electrons. The Bertz CT molecular complexity index is 1560. The minimum absolute atomic E-state index is 0.00948. The zero-order chi connectivity index (χ0) is 28.0. The number of aromatic amines is 1. The van der Waals surface area contributed by atoms with Gasteiger partial charge in [0.25, 0.3) is 5.91 Å². The summed E-state index contributed by atoms with van der Waals surface area (Å²) < 4.78 is 13.6. The first-order chi connectivity index (χ1) is 19.3.